The van der Waals surface area contributed by atoms with Gasteiger partial charge in [0.15, 0.2) is 0 Å². The molecule has 5 nitrogen and oxygen atoms in total. The summed E-state index contributed by atoms with van der Waals surface area (Å²) in [4.78, 5) is 15.2. The number of carbonyl (C=O) groups is 1. The lowest BCUT2D eigenvalue weighted by atomic mass is 9.85. The Morgan fingerprint density at radius 3 is 2.78 bits per heavy atom. The minimum Gasteiger partial charge on any atom is -0.330 e. The van der Waals surface area contributed by atoms with Crippen LogP contribution in [-0.4, -0.2) is 24.2 Å². The van der Waals surface area contributed by atoms with E-state index >= 15 is 0 Å². The monoisotopic (exact) mass is 365 g/mol. The number of hydrogen-bond donors (Lipinski definition) is 3. The molecule has 1 atom stereocenters. The summed E-state index contributed by atoms with van der Waals surface area (Å²) in [5.41, 5.74) is 12.0. The van der Waals surface area contributed by atoms with Crippen molar-refractivity contribution in [3.05, 3.63) is 71.8 Å². The smallest absolute Gasteiger partial charge is 0.234 e. The molecular weight excluding hydrogens is 338 g/mol. The summed E-state index contributed by atoms with van der Waals surface area (Å²) in [7, 11) is 0. The molecule has 1 amide bonds. The van der Waals surface area contributed by atoms with Gasteiger partial charge in [0.1, 0.15) is 0 Å². The highest BCUT2D eigenvalue weighted by Gasteiger charge is 2.33. The van der Waals surface area contributed by atoms with E-state index in [0.717, 1.165) is 36.1 Å². The van der Waals surface area contributed by atoms with Gasteiger partial charge in [-0.15, -0.1) is 0 Å². The number of anilines is 1. The average Bonchev–Trinajstić information content (AvgIpc) is 2.71. The van der Waals surface area contributed by atoms with E-state index in [1.165, 1.54) is 5.56 Å². The van der Waals surface area contributed by atoms with E-state index in [1.54, 1.807) is 0 Å². The predicted octanol–water partition coefficient (Wildman–Crippen LogP) is 3.44. The van der Waals surface area contributed by atoms with Gasteiger partial charge in [0.05, 0.1) is 11.6 Å². The van der Waals surface area contributed by atoms with E-state index < -0.39 is 0 Å². The van der Waals surface area contributed by atoms with E-state index in [2.05, 4.69) is 18.1 Å². The second-order valence-corrected chi connectivity index (χ2v) is 6.94. The number of fused-ring (bicyclic) bond motifs is 1. The lowest BCUT2D eigenvalue weighted by molar-refractivity contribution is -0.120. The fourth-order valence-corrected chi connectivity index (χ4v) is 3.65. The molecule has 3 rings (SSSR count). The number of nitrogens with one attached hydrogen (secondary N) is 1. The van der Waals surface area contributed by atoms with Crippen molar-refractivity contribution in [1.29, 1.82) is 0 Å². The molecule has 0 aliphatic carbocycles. The zero-order chi connectivity index (χ0) is 19.2. The highest BCUT2D eigenvalue weighted by molar-refractivity contribution is 6.01. The maximum Gasteiger partial charge on any atom is 0.234 e. The molecule has 142 valence electrons. The number of rotatable bonds is 8. The third kappa shape index (κ3) is 4.21. The molecule has 0 spiro atoms. The zero-order valence-electron chi connectivity index (χ0n) is 15.5. The van der Waals surface area contributed by atoms with Crippen LogP contribution in [0.15, 0.2) is 55.1 Å². The molecule has 0 saturated heterocycles. The van der Waals surface area contributed by atoms with Crippen LogP contribution in [0.25, 0.3) is 5.70 Å². The van der Waals surface area contributed by atoms with Gasteiger partial charge < -0.3 is 10.6 Å². The number of unbranched alkanes of at least 4 members (excludes halogenated alkanes) is 2. The molecule has 0 radical (unpaired) electrons. The quantitative estimate of drug-likeness (QED) is 0.495. The molecule has 4 N–H and O–H groups in total. The predicted molar refractivity (Wildman–Crippen MR) is 109 cm³/mol. The minimum atomic E-state index is -0.235. The number of para-hydroxylation sites is 1. The first-order valence-electron chi connectivity index (χ1n) is 9.44. The number of nitrogens with zero attached hydrogens (tertiary/aromatic N) is 1. The molecule has 2 aromatic carbocycles. The minimum absolute atomic E-state index is 0.126. The second-order valence-electron chi connectivity index (χ2n) is 6.94. The van der Waals surface area contributed by atoms with E-state index in [0.29, 0.717) is 25.2 Å². The lowest BCUT2D eigenvalue weighted by Crippen LogP contribution is -2.40. The van der Waals surface area contributed by atoms with Crippen molar-refractivity contribution in [2.45, 2.75) is 31.6 Å². The van der Waals surface area contributed by atoms with Crippen molar-refractivity contribution in [2.75, 3.05) is 18.0 Å². The molecule has 0 bridgehead atoms. The topological polar surface area (TPSA) is 78.6 Å². The number of benzene rings is 2. The van der Waals surface area contributed by atoms with E-state index in [4.69, 9.17) is 10.9 Å². The summed E-state index contributed by atoms with van der Waals surface area (Å²) in [6.45, 7) is 5.18. The van der Waals surface area contributed by atoms with Gasteiger partial charge in [-0.1, -0.05) is 49.4 Å². The normalized spacial score (nSPS) is 16.1. The van der Waals surface area contributed by atoms with E-state index in [9.17, 15) is 4.79 Å². The van der Waals surface area contributed by atoms with Gasteiger partial charge in [0.2, 0.25) is 5.91 Å². The van der Waals surface area contributed by atoms with Gasteiger partial charge in [0.25, 0.3) is 0 Å². The molecule has 2 aromatic rings. The second kappa shape index (κ2) is 8.84. The Kier molecular flexibility index (Phi) is 6.27. The highest BCUT2D eigenvalue weighted by atomic mass is 16.5. The van der Waals surface area contributed by atoms with Crippen LogP contribution >= 0.6 is 0 Å². The Labute approximate surface area is 160 Å². The zero-order valence-corrected chi connectivity index (χ0v) is 15.5. The maximum atomic E-state index is 13.3. The van der Waals surface area contributed by atoms with Crippen LogP contribution in [0.1, 0.15) is 41.9 Å². The van der Waals surface area contributed by atoms with Crippen LogP contribution in [-0.2, 0) is 11.2 Å². The molecule has 1 unspecified atom stereocenters. The molecule has 1 aliphatic rings. The summed E-state index contributed by atoms with van der Waals surface area (Å²) < 4.78 is 0. The number of carbonyl (C=O) groups excluding carboxylic acids is 1. The molecular formula is C22H27N3O2. The van der Waals surface area contributed by atoms with Crippen molar-refractivity contribution in [1.82, 2.24) is 5.48 Å². The Bertz CT molecular complexity index is 819. The molecule has 5 heteroatoms. The summed E-state index contributed by atoms with van der Waals surface area (Å²) in [5.74, 6) is -0.109. The van der Waals surface area contributed by atoms with Crippen molar-refractivity contribution < 1.29 is 10.0 Å². The molecule has 1 aliphatic heterocycles. The van der Waals surface area contributed by atoms with Gasteiger partial charge in [-0.25, -0.2) is 0 Å². The summed E-state index contributed by atoms with van der Waals surface area (Å²) >= 11 is 0. The number of amides is 1. The molecule has 0 fully saturated rings. The first-order valence-corrected chi connectivity index (χ1v) is 9.44. The number of nitrogens with two attached hydrogens (primary N) is 1. The SMILES string of the molecule is C=C(NO)c1cccc(C2Cc3ccccc3N(CCCCCN)C2=O)c1. The Morgan fingerprint density at radius 1 is 1.19 bits per heavy atom. The average molecular weight is 365 g/mol. The Balaban J connectivity index is 1.89. The number of hydroxylamine groups is 1. The largest absolute Gasteiger partial charge is 0.330 e. The highest BCUT2D eigenvalue weighted by Crippen LogP contribution is 2.36. The standard InChI is InChI=1S/C22H27N3O2/c1-16(24-27)17-9-7-10-18(14-17)20-15-19-8-3-4-11-21(19)25(22(20)26)13-6-2-5-12-23/h3-4,7-11,14,20,24,27H,1-2,5-6,12-13,15,23H2. The summed E-state index contributed by atoms with van der Waals surface area (Å²) in [6.07, 6.45) is 3.61. The van der Waals surface area contributed by atoms with Gasteiger partial charge in [-0.3, -0.25) is 15.5 Å². The summed E-state index contributed by atoms with van der Waals surface area (Å²) in [6, 6.07) is 15.8. The van der Waals surface area contributed by atoms with Crippen molar-refractivity contribution in [2.24, 2.45) is 5.73 Å². The lowest BCUT2D eigenvalue weighted by Gasteiger charge is -2.34. The van der Waals surface area contributed by atoms with Gasteiger partial charge >= 0.3 is 0 Å². The van der Waals surface area contributed by atoms with Crippen molar-refractivity contribution >= 4 is 17.3 Å². The molecule has 27 heavy (non-hydrogen) atoms. The van der Waals surface area contributed by atoms with Crippen LogP contribution in [0.4, 0.5) is 5.69 Å². The third-order valence-corrected chi connectivity index (χ3v) is 5.13. The van der Waals surface area contributed by atoms with Crippen molar-refractivity contribution in [3.63, 3.8) is 0 Å². The maximum absolute atomic E-state index is 13.3. The van der Waals surface area contributed by atoms with E-state index in [1.807, 2.05) is 47.4 Å². The molecule has 1 heterocycles. The van der Waals surface area contributed by atoms with Crippen LogP contribution in [0.3, 0.4) is 0 Å². The fourth-order valence-electron chi connectivity index (χ4n) is 3.65. The summed E-state index contributed by atoms with van der Waals surface area (Å²) in [5, 5.41) is 9.12. The van der Waals surface area contributed by atoms with Crippen LogP contribution in [0.2, 0.25) is 0 Å². The van der Waals surface area contributed by atoms with Gasteiger partial charge in [0, 0.05) is 12.2 Å². The van der Waals surface area contributed by atoms with Gasteiger partial charge in [-0.2, -0.15) is 0 Å². The Morgan fingerprint density at radius 2 is 2.00 bits per heavy atom. The first kappa shape index (κ1) is 19.1. The fraction of sp³-hybridized carbons (Fsp3) is 0.318. The molecule has 0 aromatic heterocycles. The van der Waals surface area contributed by atoms with Crippen LogP contribution in [0, 0.1) is 0 Å². The first-order chi connectivity index (χ1) is 13.2. The van der Waals surface area contributed by atoms with Gasteiger partial charge in [-0.05, 0) is 54.6 Å². The van der Waals surface area contributed by atoms with Crippen molar-refractivity contribution in [3.8, 4) is 0 Å². The molecule has 0 saturated carbocycles. The third-order valence-electron chi connectivity index (χ3n) is 5.13. The van der Waals surface area contributed by atoms with Crippen LogP contribution < -0.4 is 16.1 Å². The van der Waals surface area contributed by atoms with E-state index in [-0.39, 0.29) is 11.8 Å². The van der Waals surface area contributed by atoms with Crippen LogP contribution in [0.5, 0.6) is 0 Å². The number of hydrogen-bond acceptors (Lipinski definition) is 4. The Hall–Kier alpha value is -2.63.